The fourth-order valence-corrected chi connectivity index (χ4v) is 3.38. The van der Waals surface area contributed by atoms with Gasteiger partial charge in [0.15, 0.2) is 0 Å². The van der Waals surface area contributed by atoms with Gasteiger partial charge in [0.2, 0.25) is 0 Å². The van der Waals surface area contributed by atoms with Gasteiger partial charge in [-0.25, -0.2) is 4.68 Å². The predicted molar refractivity (Wildman–Crippen MR) is 80.0 cm³/mol. The fraction of sp³-hybridized carbons (Fsp3) is 0.400. The van der Waals surface area contributed by atoms with Crippen molar-refractivity contribution in [2.45, 2.75) is 38.5 Å². The summed E-state index contributed by atoms with van der Waals surface area (Å²) in [6, 6.07) is 7.98. The molecule has 0 radical (unpaired) electrons. The predicted octanol–water partition coefficient (Wildman–Crippen LogP) is 3.89. The van der Waals surface area contributed by atoms with Crippen LogP contribution in [0.2, 0.25) is 0 Å². The van der Waals surface area contributed by atoms with Gasteiger partial charge in [-0.2, -0.15) is 0 Å². The van der Waals surface area contributed by atoms with Crippen LogP contribution < -0.4 is 5.56 Å². The van der Waals surface area contributed by atoms with Crippen LogP contribution in [0.1, 0.15) is 42.9 Å². The summed E-state index contributed by atoms with van der Waals surface area (Å²) in [5.41, 5.74) is 3.15. The fourth-order valence-electron chi connectivity index (χ4n) is 2.79. The molecular formula is C15H17BrN2O. The van der Waals surface area contributed by atoms with Gasteiger partial charge < -0.3 is 0 Å². The first-order chi connectivity index (χ1) is 9.16. The van der Waals surface area contributed by atoms with Crippen molar-refractivity contribution >= 4 is 15.9 Å². The Hall–Kier alpha value is -1.29. The number of aromatic nitrogens is 2. The zero-order chi connectivity index (χ0) is 13.4. The normalized spacial score (nSPS) is 16.1. The molecule has 0 aliphatic heterocycles. The minimum atomic E-state index is 0.00533. The molecule has 0 amide bonds. The Morgan fingerprint density at radius 2 is 1.84 bits per heavy atom. The molecule has 0 spiro atoms. The maximum atomic E-state index is 12.3. The molecule has 4 heteroatoms. The molecule has 0 bridgehead atoms. The Kier molecular flexibility index (Phi) is 3.35. The lowest BCUT2D eigenvalue weighted by Gasteiger charge is -2.07. The average Bonchev–Trinajstić information content (AvgIpc) is 3.02. The Morgan fingerprint density at radius 1 is 1.21 bits per heavy atom. The highest BCUT2D eigenvalue weighted by atomic mass is 79.9. The number of halogens is 1. The molecule has 0 saturated heterocycles. The maximum absolute atomic E-state index is 12.3. The van der Waals surface area contributed by atoms with Crippen molar-refractivity contribution in [2.75, 3.05) is 0 Å². The molecule has 1 aromatic carbocycles. The second kappa shape index (κ2) is 5.00. The van der Waals surface area contributed by atoms with E-state index in [-0.39, 0.29) is 5.56 Å². The van der Waals surface area contributed by atoms with E-state index in [4.69, 9.17) is 0 Å². The number of H-pyrrole nitrogens is 1. The van der Waals surface area contributed by atoms with E-state index in [0.29, 0.717) is 10.4 Å². The van der Waals surface area contributed by atoms with Crippen molar-refractivity contribution in [1.29, 1.82) is 0 Å². The zero-order valence-electron chi connectivity index (χ0n) is 10.9. The molecule has 1 aromatic heterocycles. The van der Waals surface area contributed by atoms with Gasteiger partial charge in [0.25, 0.3) is 5.56 Å². The van der Waals surface area contributed by atoms with Gasteiger partial charge in [-0.3, -0.25) is 9.89 Å². The molecule has 3 rings (SSSR count). The smallest absolute Gasteiger partial charge is 0.285 e. The SMILES string of the molecule is Cc1ccc(-n2[nH]c(C3CCCC3)c(Br)c2=O)cc1. The highest BCUT2D eigenvalue weighted by molar-refractivity contribution is 9.10. The van der Waals surface area contributed by atoms with E-state index < -0.39 is 0 Å². The minimum Gasteiger partial charge on any atom is -0.294 e. The lowest BCUT2D eigenvalue weighted by molar-refractivity contribution is 0.675. The van der Waals surface area contributed by atoms with E-state index in [1.165, 1.54) is 31.2 Å². The van der Waals surface area contributed by atoms with Crippen LogP contribution in [0.4, 0.5) is 0 Å². The number of hydrogen-bond acceptors (Lipinski definition) is 1. The van der Waals surface area contributed by atoms with E-state index in [1.54, 1.807) is 4.68 Å². The first-order valence-electron chi connectivity index (χ1n) is 6.74. The van der Waals surface area contributed by atoms with Crippen molar-refractivity contribution in [1.82, 2.24) is 9.78 Å². The third-order valence-electron chi connectivity index (χ3n) is 3.92. The molecule has 1 saturated carbocycles. The quantitative estimate of drug-likeness (QED) is 0.895. The van der Waals surface area contributed by atoms with Crippen molar-refractivity contribution in [3.63, 3.8) is 0 Å². The molecule has 100 valence electrons. The van der Waals surface area contributed by atoms with E-state index in [9.17, 15) is 4.79 Å². The molecular weight excluding hydrogens is 304 g/mol. The molecule has 1 aliphatic carbocycles. The number of nitrogens with one attached hydrogen (secondary N) is 1. The molecule has 1 N–H and O–H groups in total. The van der Waals surface area contributed by atoms with Crippen LogP contribution in [-0.4, -0.2) is 9.78 Å². The van der Waals surface area contributed by atoms with Crippen LogP contribution in [0.3, 0.4) is 0 Å². The van der Waals surface area contributed by atoms with Crippen molar-refractivity contribution in [3.05, 3.63) is 50.3 Å². The average molecular weight is 321 g/mol. The highest BCUT2D eigenvalue weighted by Gasteiger charge is 2.24. The van der Waals surface area contributed by atoms with Crippen molar-refractivity contribution in [2.24, 2.45) is 0 Å². The summed E-state index contributed by atoms with van der Waals surface area (Å²) < 4.78 is 2.33. The van der Waals surface area contributed by atoms with E-state index >= 15 is 0 Å². The Balaban J connectivity index is 2.05. The summed E-state index contributed by atoms with van der Waals surface area (Å²) in [6.07, 6.45) is 4.86. The van der Waals surface area contributed by atoms with Gasteiger partial charge in [-0.1, -0.05) is 30.5 Å². The van der Waals surface area contributed by atoms with Gasteiger partial charge in [0.05, 0.1) is 11.4 Å². The molecule has 19 heavy (non-hydrogen) atoms. The van der Waals surface area contributed by atoms with Gasteiger partial charge in [-0.05, 0) is 47.8 Å². The maximum Gasteiger partial charge on any atom is 0.285 e. The van der Waals surface area contributed by atoms with Crippen LogP contribution in [-0.2, 0) is 0 Å². The first kappa shape index (κ1) is 12.7. The Bertz CT molecular complexity index is 633. The number of rotatable bonds is 2. The molecule has 1 heterocycles. The summed E-state index contributed by atoms with van der Waals surface area (Å²) in [7, 11) is 0. The lowest BCUT2D eigenvalue weighted by Crippen LogP contribution is -2.14. The van der Waals surface area contributed by atoms with Crippen LogP contribution in [0.15, 0.2) is 33.5 Å². The van der Waals surface area contributed by atoms with E-state index in [1.807, 2.05) is 31.2 Å². The third-order valence-corrected chi connectivity index (χ3v) is 4.68. The monoisotopic (exact) mass is 320 g/mol. The molecule has 1 fully saturated rings. The van der Waals surface area contributed by atoms with E-state index in [2.05, 4.69) is 21.0 Å². The summed E-state index contributed by atoms with van der Waals surface area (Å²) in [5, 5.41) is 3.28. The number of hydrogen-bond donors (Lipinski definition) is 1. The number of benzene rings is 1. The van der Waals surface area contributed by atoms with Crippen LogP contribution >= 0.6 is 15.9 Å². The second-order valence-electron chi connectivity index (χ2n) is 5.30. The Morgan fingerprint density at radius 3 is 2.47 bits per heavy atom. The van der Waals surface area contributed by atoms with Crippen LogP contribution in [0, 0.1) is 6.92 Å². The van der Waals surface area contributed by atoms with Crippen LogP contribution in [0.25, 0.3) is 5.69 Å². The van der Waals surface area contributed by atoms with Gasteiger partial charge in [0, 0.05) is 5.92 Å². The van der Waals surface area contributed by atoms with Gasteiger partial charge in [-0.15, -0.1) is 0 Å². The number of nitrogens with zero attached hydrogens (tertiary/aromatic N) is 1. The number of aryl methyl sites for hydroxylation is 1. The molecule has 3 nitrogen and oxygen atoms in total. The third kappa shape index (κ3) is 2.29. The summed E-state index contributed by atoms with van der Waals surface area (Å²) in [6.45, 7) is 2.04. The number of aromatic amines is 1. The van der Waals surface area contributed by atoms with Gasteiger partial charge in [0.1, 0.15) is 4.47 Å². The molecule has 0 unspecified atom stereocenters. The molecule has 1 aliphatic rings. The zero-order valence-corrected chi connectivity index (χ0v) is 12.5. The van der Waals surface area contributed by atoms with E-state index in [0.717, 1.165) is 11.4 Å². The lowest BCUT2D eigenvalue weighted by atomic mass is 10.1. The standard InChI is InChI=1S/C15H17BrN2O/c1-10-6-8-12(9-7-10)18-15(19)13(16)14(17-18)11-4-2-3-5-11/h6-9,11,17H,2-5H2,1H3. The van der Waals surface area contributed by atoms with Crippen LogP contribution in [0.5, 0.6) is 0 Å². The summed E-state index contributed by atoms with van der Waals surface area (Å²) in [4.78, 5) is 12.3. The minimum absolute atomic E-state index is 0.00533. The largest absolute Gasteiger partial charge is 0.294 e. The topological polar surface area (TPSA) is 37.8 Å². The molecule has 2 aromatic rings. The first-order valence-corrected chi connectivity index (χ1v) is 7.53. The van der Waals surface area contributed by atoms with Crippen molar-refractivity contribution in [3.8, 4) is 5.69 Å². The summed E-state index contributed by atoms with van der Waals surface area (Å²) in [5.74, 6) is 0.494. The second-order valence-corrected chi connectivity index (χ2v) is 6.09. The Labute approximate surface area is 120 Å². The highest BCUT2D eigenvalue weighted by Crippen LogP contribution is 2.35. The molecule has 0 atom stereocenters. The van der Waals surface area contributed by atoms with Gasteiger partial charge >= 0.3 is 0 Å². The summed E-state index contributed by atoms with van der Waals surface area (Å²) >= 11 is 3.46. The van der Waals surface area contributed by atoms with Crippen molar-refractivity contribution < 1.29 is 0 Å².